The maximum Gasteiger partial charge on any atom is 0.279 e. The van der Waals surface area contributed by atoms with Crippen LogP contribution in [-0.2, 0) is 23.1 Å². The van der Waals surface area contributed by atoms with Crippen molar-refractivity contribution in [3.63, 3.8) is 0 Å². The summed E-state index contributed by atoms with van der Waals surface area (Å²) >= 11 is 0. The van der Waals surface area contributed by atoms with Crippen molar-refractivity contribution in [2.45, 2.75) is 47.5 Å². The molecule has 0 spiro atoms. The van der Waals surface area contributed by atoms with Crippen LogP contribution in [0.25, 0.3) is 23.0 Å². The molecule has 2 heterocycles. The molecule has 0 amide bonds. The van der Waals surface area contributed by atoms with Crippen molar-refractivity contribution >= 4 is 10.2 Å². The lowest BCUT2D eigenvalue weighted by molar-refractivity contribution is 0.316. The molecule has 0 bridgehead atoms. The van der Waals surface area contributed by atoms with Gasteiger partial charge in [0.1, 0.15) is 18.1 Å². The smallest absolute Gasteiger partial charge is 0.279 e. The van der Waals surface area contributed by atoms with Crippen LogP contribution in [0.2, 0.25) is 0 Å². The minimum Gasteiger partial charge on any atom is -0.492 e. The summed E-state index contributed by atoms with van der Waals surface area (Å²) in [7, 11) is -0.529. The number of hydrogen-bond acceptors (Lipinski definition) is 7. The van der Waals surface area contributed by atoms with Crippen LogP contribution in [0.1, 0.15) is 43.0 Å². The topological polar surface area (TPSA) is 110 Å². The zero-order valence-electron chi connectivity index (χ0n) is 21.5. The van der Waals surface area contributed by atoms with Crippen molar-refractivity contribution in [1.82, 2.24) is 24.2 Å². The zero-order valence-corrected chi connectivity index (χ0v) is 22.4. The largest absolute Gasteiger partial charge is 0.492 e. The lowest BCUT2D eigenvalue weighted by atomic mass is 10.0. The predicted octanol–water partition coefficient (Wildman–Crippen LogP) is 3.95. The van der Waals surface area contributed by atoms with Gasteiger partial charge in [0.2, 0.25) is 5.82 Å². The highest BCUT2D eigenvalue weighted by atomic mass is 32.2. The second-order valence-corrected chi connectivity index (χ2v) is 11.2. The molecular weight excluding hydrogens is 466 g/mol. The fourth-order valence-electron chi connectivity index (χ4n) is 3.70. The van der Waals surface area contributed by atoms with Crippen molar-refractivity contribution in [3.05, 3.63) is 46.6 Å². The number of nitrogens with one attached hydrogen (secondary N) is 1. The fraction of sp³-hybridized carbons (Fsp3) is 0.480. The van der Waals surface area contributed by atoms with Gasteiger partial charge in [-0.25, -0.2) is 0 Å². The molecule has 190 valence electrons. The first-order chi connectivity index (χ1) is 16.5. The summed E-state index contributed by atoms with van der Waals surface area (Å²) in [5.74, 6) is 2.15. The molecule has 0 saturated heterocycles. The summed E-state index contributed by atoms with van der Waals surface area (Å²) in [5.41, 5.74) is 5.74. The highest BCUT2D eigenvalue weighted by Gasteiger charge is 2.17. The minimum atomic E-state index is -3.48. The maximum atomic E-state index is 11.8. The first-order valence-electron chi connectivity index (χ1n) is 11.7. The Hall–Kier alpha value is -2.82. The standard InChI is InChI=1S/C25H35N5O4S/c1-8-19-14-20(12-18(5)23(19)33-10-9-27-35(31,32)30(6)7)24-28-25(34-29-24)22-13-17(4)21(15-26-22)11-16(2)3/h12-16,27H,8-11H2,1-7H3. The Labute approximate surface area is 208 Å². The molecule has 35 heavy (non-hydrogen) atoms. The average Bonchev–Trinajstić information content (AvgIpc) is 3.28. The summed E-state index contributed by atoms with van der Waals surface area (Å²) in [5, 5.41) is 4.18. The molecule has 0 radical (unpaired) electrons. The van der Waals surface area contributed by atoms with E-state index >= 15 is 0 Å². The minimum absolute atomic E-state index is 0.168. The summed E-state index contributed by atoms with van der Waals surface area (Å²) in [4.78, 5) is 9.12. The van der Waals surface area contributed by atoms with E-state index in [1.54, 1.807) is 0 Å². The second kappa shape index (κ2) is 11.3. The number of aryl methyl sites for hydroxylation is 3. The summed E-state index contributed by atoms with van der Waals surface area (Å²) in [6.45, 7) is 10.8. The molecule has 1 N–H and O–H groups in total. The van der Waals surface area contributed by atoms with Crippen molar-refractivity contribution in [2.24, 2.45) is 5.92 Å². The second-order valence-electron chi connectivity index (χ2n) is 9.18. The Morgan fingerprint density at radius 1 is 1.11 bits per heavy atom. The SMILES string of the molecule is CCc1cc(-c2noc(-c3cc(C)c(CC(C)C)cn3)n2)cc(C)c1OCCNS(=O)(=O)N(C)C. The molecule has 0 aliphatic rings. The van der Waals surface area contributed by atoms with Crippen LogP contribution in [0.5, 0.6) is 5.75 Å². The van der Waals surface area contributed by atoms with Gasteiger partial charge in [0, 0.05) is 32.4 Å². The van der Waals surface area contributed by atoms with Gasteiger partial charge in [0.25, 0.3) is 16.1 Å². The van der Waals surface area contributed by atoms with Crippen molar-refractivity contribution in [3.8, 4) is 28.7 Å². The maximum absolute atomic E-state index is 11.8. The van der Waals surface area contributed by atoms with Crippen molar-refractivity contribution in [1.29, 1.82) is 0 Å². The molecule has 0 unspecified atom stereocenters. The Morgan fingerprint density at radius 3 is 2.49 bits per heavy atom. The third-order valence-electron chi connectivity index (χ3n) is 5.60. The summed E-state index contributed by atoms with van der Waals surface area (Å²) in [6, 6.07) is 5.90. The number of pyridine rings is 1. The molecule has 0 atom stereocenters. The number of rotatable bonds is 11. The molecule has 0 aliphatic carbocycles. The monoisotopic (exact) mass is 501 g/mol. The van der Waals surface area contributed by atoms with Gasteiger partial charge >= 0.3 is 0 Å². The molecule has 0 aliphatic heterocycles. The Balaban J connectivity index is 1.77. The van der Waals surface area contributed by atoms with Gasteiger partial charge < -0.3 is 9.26 Å². The van der Waals surface area contributed by atoms with Crippen molar-refractivity contribution in [2.75, 3.05) is 27.2 Å². The van der Waals surface area contributed by atoms with E-state index < -0.39 is 10.2 Å². The number of aromatic nitrogens is 3. The van der Waals surface area contributed by atoms with E-state index in [1.807, 2.05) is 38.2 Å². The first-order valence-corrected chi connectivity index (χ1v) is 13.2. The van der Waals surface area contributed by atoms with Gasteiger partial charge in [-0.1, -0.05) is 25.9 Å². The predicted molar refractivity (Wildman–Crippen MR) is 136 cm³/mol. The van der Waals surface area contributed by atoms with Crippen molar-refractivity contribution < 1.29 is 17.7 Å². The Bertz CT molecular complexity index is 1270. The average molecular weight is 502 g/mol. The van der Waals surface area contributed by atoms with Crippen LogP contribution in [0.15, 0.2) is 28.9 Å². The first kappa shape index (κ1) is 26.8. The number of ether oxygens (including phenoxy) is 1. The third-order valence-corrected chi connectivity index (χ3v) is 7.13. The van der Waals surface area contributed by atoms with E-state index in [0.29, 0.717) is 23.3 Å². The van der Waals surface area contributed by atoms with Gasteiger partial charge in [-0.05, 0) is 73.1 Å². The quantitative estimate of drug-likeness (QED) is 0.396. The normalized spacial score (nSPS) is 12.0. The van der Waals surface area contributed by atoms with Crippen LogP contribution >= 0.6 is 0 Å². The van der Waals surface area contributed by atoms with Crippen LogP contribution in [0.4, 0.5) is 0 Å². The van der Waals surface area contributed by atoms with E-state index in [9.17, 15) is 8.42 Å². The highest BCUT2D eigenvalue weighted by molar-refractivity contribution is 7.87. The fourth-order valence-corrected chi connectivity index (χ4v) is 4.30. The molecule has 10 heteroatoms. The van der Waals surface area contributed by atoms with Crippen LogP contribution < -0.4 is 9.46 Å². The van der Waals surface area contributed by atoms with Gasteiger partial charge in [-0.15, -0.1) is 0 Å². The van der Waals surface area contributed by atoms with Crippen LogP contribution in [-0.4, -0.2) is 55.1 Å². The molecule has 1 aromatic carbocycles. The van der Waals surface area contributed by atoms with Gasteiger partial charge in [-0.2, -0.15) is 22.4 Å². The van der Waals surface area contributed by atoms with Gasteiger partial charge in [0.05, 0.1) is 0 Å². The van der Waals surface area contributed by atoms with Gasteiger partial charge in [0.15, 0.2) is 0 Å². The molecule has 9 nitrogen and oxygen atoms in total. The molecular formula is C25H35N5O4S. The molecule has 2 aromatic heterocycles. The van der Waals surface area contributed by atoms with E-state index in [4.69, 9.17) is 9.26 Å². The molecule has 0 saturated carbocycles. The molecule has 3 aromatic rings. The Kier molecular flexibility index (Phi) is 8.63. The molecule has 3 rings (SSSR count). The number of benzene rings is 1. The van der Waals surface area contributed by atoms with E-state index in [1.165, 1.54) is 19.7 Å². The Morgan fingerprint density at radius 2 is 1.86 bits per heavy atom. The summed E-state index contributed by atoms with van der Waals surface area (Å²) in [6.07, 6.45) is 3.60. The lowest BCUT2D eigenvalue weighted by Gasteiger charge is -2.16. The van der Waals surface area contributed by atoms with Crippen LogP contribution in [0, 0.1) is 19.8 Å². The van der Waals surface area contributed by atoms with Gasteiger partial charge in [-0.3, -0.25) is 4.98 Å². The zero-order chi connectivity index (χ0) is 25.8. The van der Waals surface area contributed by atoms with Crippen LogP contribution in [0.3, 0.4) is 0 Å². The third kappa shape index (κ3) is 6.65. The lowest BCUT2D eigenvalue weighted by Crippen LogP contribution is -2.37. The summed E-state index contributed by atoms with van der Waals surface area (Å²) < 4.78 is 38.8. The van der Waals surface area contributed by atoms with E-state index in [-0.39, 0.29) is 13.2 Å². The number of hydrogen-bond donors (Lipinski definition) is 1. The molecule has 0 fully saturated rings. The number of nitrogens with zero attached hydrogens (tertiary/aromatic N) is 4. The highest BCUT2D eigenvalue weighted by Crippen LogP contribution is 2.31. The van der Waals surface area contributed by atoms with E-state index in [2.05, 4.69) is 40.6 Å². The van der Waals surface area contributed by atoms with E-state index in [0.717, 1.165) is 45.2 Å².